The summed E-state index contributed by atoms with van der Waals surface area (Å²) < 4.78 is 21.3. The standard InChI is InChI=1S/C20H14ClNO5/c21-15-5-3-14(4-6-15)18-10-22-19(27-18)11-24-20(23)8-2-13-1-7-16-17(9-13)26-12-25-16/h1-10H,11-12H2/b8-2+. The topological polar surface area (TPSA) is 70.8 Å². The van der Waals surface area contributed by atoms with Crippen LogP contribution in [0.3, 0.4) is 0 Å². The summed E-state index contributed by atoms with van der Waals surface area (Å²) in [5, 5.41) is 0.640. The van der Waals surface area contributed by atoms with E-state index >= 15 is 0 Å². The second kappa shape index (κ2) is 7.55. The predicted molar refractivity (Wildman–Crippen MR) is 98.3 cm³/mol. The smallest absolute Gasteiger partial charge is 0.331 e. The summed E-state index contributed by atoms with van der Waals surface area (Å²) in [5.41, 5.74) is 1.64. The first-order valence-electron chi connectivity index (χ1n) is 8.12. The van der Waals surface area contributed by atoms with Crippen molar-refractivity contribution in [1.29, 1.82) is 0 Å². The van der Waals surface area contributed by atoms with Gasteiger partial charge in [0.15, 0.2) is 23.9 Å². The fraction of sp³-hybridized carbons (Fsp3) is 0.100. The highest BCUT2D eigenvalue weighted by Gasteiger charge is 2.12. The molecule has 7 heteroatoms. The van der Waals surface area contributed by atoms with Gasteiger partial charge in [0.05, 0.1) is 6.20 Å². The monoisotopic (exact) mass is 383 g/mol. The van der Waals surface area contributed by atoms with E-state index in [1.54, 1.807) is 36.5 Å². The van der Waals surface area contributed by atoms with Crippen LogP contribution < -0.4 is 9.47 Å². The number of fused-ring (bicyclic) bond motifs is 1. The average Bonchev–Trinajstić information content (AvgIpc) is 3.34. The van der Waals surface area contributed by atoms with Gasteiger partial charge < -0.3 is 18.6 Å². The molecule has 0 unspecified atom stereocenters. The molecule has 0 atom stereocenters. The molecule has 6 nitrogen and oxygen atoms in total. The van der Waals surface area contributed by atoms with Gasteiger partial charge in [-0.15, -0.1) is 0 Å². The second-order valence-corrected chi connectivity index (χ2v) is 6.12. The van der Waals surface area contributed by atoms with Gasteiger partial charge in [-0.1, -0.05) is 17.7 Å². The fourth-order valence-electron chi connectivity index (χ4n) is 2.49. The van der Waals surface area contributed by atoms with Crippen LogP contribution in [-0.4, -0.2) is 17.7 Å². The van der Waals surface area contributed by atoms with Crippen molar-refractivity contribution in [2.45, 2.75) is 6.61 Å². The zero-order chi connectivity index (χ0) is 18.6. The summed E-state index contributed by atoms with van der Waals surface area (Å²) in [6.45, 7) is 0.149. The molecule has 0 saturated heterocycles. The molecule has 0 amide bonds. The zero-order valence-electron chi connectivity index (χ0n) is 14.1. The Kier molecular flexibility index (Phi) is 4.80. The lowest BCUT2D eigenvalue weighted by Crippen LogP contribution is -2.00. The molecular formula is C20H14ClNO5. The molecule has 2 aromatic carbocycles. The number of esters is 1. The quantitative estimate of drug-likeness (QED) is 0.478. The Bertz CT molecular complexity index is 994. The van der Waals surface area contributed by atoms with Crippen molar-refractivity contribution in [1.82, 2.24) is 4.98 Å². The molecule has 4 rings (SSSR count). The van der Waals surface area contributed by atoms with Crippen LogP contribution in [0.25, 0.3) is 17.4 Å². The molecule has 136 valence electrons. The summed E-state index contributed by atoms with van der Waals surface area (Å²) in [5.74, 6) is 1.73. The fourth-order valence-corrected chi connectivity index (χ4v) is 2.61. The van der Waals surface area contributed by atoms with Gasteiger partial charge in [0.25, 0.3) is 0 Å². The molecule has 0 spiro atoms. The van der Waals surface area contributed by atoms with Gasteiger partial charge in [0.2, 0.25) is 12.7 Å². The Morgan fingerprint density at radius 3 is 2.81 bits per heavy atom. The first kappa shape index (κ1) is 17.2. The summed E-state index contributed by atoms with van der Waals surface area (Å²) in [7, 11) is 0. The lowest BCUT2D eigenvalue weighted by atomic mass is 10.2. The molecule has 1 aromatic heterocycles. The van der Waals surface area contributed by atoms with Crippen LogP contribution in [0.4, 0.5) is 0 Å². The van der Waals surface area contributed by atoms with E-state index in [4.69, 9.17) is 30.2 Å². The van der Waals surface area contributed by atoms with Gasteiger partial charge in [-0.3, -0.25) is 0 Å². The minimum atomic E-state index is -0.501. The third-order valence-electron chi connectivity index (χ3n) is 3.83. The largest absolute Gasteiger partial charge is 0.454 e. The van der Waals surface area contributed by atoms with E-state index in [0.717, 1.165) is 11.1 Å². The number of hydrogen-bond donors (Lipinski definition) is 0. The maximum Gasteiger partial charge on any atom is 0.331 e. The van der Waals surface area contributed by atoms with Crippen molar-refractivity contribution in [3.8, 4) is 22.8 Å². The first-order chi connectivity index (χ1) is 13.2. The predicted octanol–water partition coefficient (Wildman–Crippen LogP) is 4.48. The van der Waals surface area contributed by atoms with Crippen LogP contribution in [0.2, 0.25) is 5.02 Å². The van der Waals surface area contributed by atoms with E-state index < -0.39 is 5.97 Å². The Hall–Kier alpha value is -3.25. The van der Waals surface area contributed by atoms with Crippen molar-refractivity contribution >= 4 is 23.6 Å². The van der Waals surface area contributed by atoms with E-state index in [1.165, 1.54) is 6.08 Å². The number of carbonyl (C=O) groups is 1. The molecule has 0 radical (unpaired) electrons. The van der Waals surface area contributed by atoms with Gasteiger partial charge in [0.1, 0.15) is 0 Å². The van der Waals surface area contributed by atoms with E-state index in [-0.39, 0.29) is 13.4 Å². The molecule has 0 fully saturated rings. The Morgan fingerprint density at radius 2 is 1.96 bits per heavy atom. The number of oxazole rings is 1. The molecular weight excluding hydrogens is 370 g/mol. The van der Waals surface area contributed by atoms with E-state index in [0.29, 0.717) is 28.2 Å². The molecule has 0 aliphatic carbocycles. The third kappa shape index (κ3) is 4.12. The lowest BCUT2D eigenvalue weighted by molar-refractivity contribution is -0.139. The van der Waals surface area contributed by atoms with Crippen molar-refractivity contribution < 1.29 is 23.4 Å². The summed E-state index contributed by atoms with van der Waals surface area (Å²) in [6, 6.07) is 12.6. The van der Waals surface area contributed by atoms with E-state index in [1.807, 2.05) is 18.2 Å². The van der Waals surface area contributed by atoms with Crippen LogP contribution in [0.1, 0.15) is 11.5 Å². The average molecular weight is 384 g/mol. The number of nitrogens with zero attached hydrogens (tertiary/aromatic N) is 1. The van der Waals surface area contributed by atoms with Gasteiger partial charge in [-0.05, 0) is 48.0 Å². The highest BCUT2D eigenvalue weighted by molar-refractivity contribution is 6.30. The Labute approximate surface area is 159 Å². The zero-order valence-corrected chi connectivity index (χ0v) is 14.8. The maximum atomic E-state index is 11.9. The molecule has 27 heavy (non-hydrogen) atoms. The molecule has 0 N–H and O–H groups in total. The normalized spacial score (nSPS) is 12.5. The van der Waals surface area contributed by atoms with Gasteiger partial charge in [-0.2, -0.15) is 0 Å². The highest BCUT2D eigenvalue weighted by Crippen LogP contribution is 2.32. The number of carbonyl (C=O) groups excluding carboxylic acids is 1. The SMILES string of the molecule is O=C(/C=C/c1ccc2c(c1)OCO2)OCc1ncc(-c2ccc(Cl)cc2)o1. The third-order valence-corrected chi connectivity index (χ3v) is 4.08. The summed E-state index contributed by atoms with van der Waals surface area (Å²) in [6.07, 6.45) is 4.55. The molecule has 3 aromatic rings. The second-order valence-electron chi connectivity index (χ2n) is 5.68. The summed E-state index contributed by atoms with van der Waals surface area (Å²) >= 11 is 5.87. The van der Waals surface area contributed by atoms with Gasteiger partial charge in [-0.25, -0.2) is 9.78 Å². The lowest BCUT2D eigenvalue weighted by Gasteiger charge is -1.99. The number of aromatic nitrogens is 1. The Balaban J connectivity index is 1.33. The molecule has 0 saturated carbocycles. The van der Waals surface area contributed by atoms with Gasteiger partial charge in [0, 0.05) is 16.7 Å². The molecule has 1 aliphatic heterocycles. The number of benzene rings is 2. The molecule has 2 heterocycles. The molecule has 0 bridgehead atoms. The molecule has 1 aliphatic rings. The number of halogens is 1. The van der Waals surface area contributed by atoms with Crippen molar-refractivity contribution in [3.63, 3.8) is 0 Å². The van der Waals surface area contributed by atoms with Crippen molar-refractivity contribution in [3.05, 3.63) is 71.2 Å². The van der Waals surface area contributed by atoms with Crippen LogP contribution in [0, 0.1) is 0 Å². The minimum Gasteiger partial charge on any atom is -0.454 e. The number of hydrogen-bond acceptors (Lipinski definition) is 6. The van der Waals surface area contributed by atoms with Crippen molar-refractivity contribution in [2.75, 3.05) is 6.79 Å². The van der Waals surface area contributed by atoms with Gasteiger partial charge >= 0.3 is 5.97 Å². The minimum absolute atomic E-state index is 0.0576. The van der Waals surface area contributed by atoms with Crippen LogP contribution in [-0.2, 0) is 16.1 Å². The van der Waals surface area contributed by atoms with Crippen molar-refractivity contribution in [2.24, 2.45) is 0 Å². The highest BCUT2D eigenvalue weighted by atomic mass is 35.5. The van der Waals surface area contributed by atoms with Crippen LogP contribution in [0.5, 0.6) is 11.5 Å². The summed E-state index contributed by atoms with van der Waals surface area (Å²) in [4.78, 5) is 16.0. The van der Waals surface area contributed by atoms with E-state index in [9.17, 15) is 4.79 Å². The van der Waals surface area contributed by atoms with Crippen LogP contribution >= 0.6 is 11.6 Å². The number of ether oxygens (including phenoxy) is 3. The van der Waals surface area contributed by atoms with E-state index in [2.05, 4.69) is 4.98 Å². The first-order valence-corrected chi connectivity index (χ1v) is 8.50. The maximum absolute atomic E-state index is 11.9. The van der Waals surface area contributed by atoms with Crippen LogP contribution in [0.15, 0.2) is 59.2 Å². The Morgan fingerprint density at radius 1 is 1.15 bits per heavy atom. The number of rotatable bonds is 5.